The third kappa shape index (κ3) is 4.75. The van der Waals surface area contributed by atoms with Crippen molar-refractivity contribution in [2.24, 2.45) is 4.99 Å². The molecule has 2 amide bonds. The third-order valence-electron chi connectivity index (χ3n) is 4.47. The number of para-hydroxylation sites is 2. The molecule has 1 atom stereocenters. The molecule has 3 rings (SSSR count). The van der Waals surface area contributed by atoms with E-state index in [2.05, 4.69) is 36.6 Å². The third-order valence-corrected chi connectivity index (χ3v) is 5.88. The molecule has 146 valence electrons. The molecule has 0 bridgehead atoms. The molecule has 5 nitrogen and oxygen atoms in total. The predicted molar refractivity (Wildman–Crippen MR) is 117 cm³/mol. The molecule has 0 spiro atoms. The largest absolute Gasteiger partial charge is 0.325 e. The van der Waals surface area contributed by atoms with Gasteiger partial charge in [-0.3, -0.25) is 9.59 Å². The lowest BCUT2D eigenvalue weighted by molar-refractivity contribution is -0.122. The highest BCUT2D eigenvalue weighted by atomic mass is 35.5. The Morgan fingerprint density at radius 2 is 1.82 bits per heavy atom. The van der Waals surface area contributed by atoms with E-state index in [1.807, 2.05) is 6.07 Å². The van der Waals surface area contributed by atoms with Crippen LogP contribution in [0.25, 0.3) is 0 Å². The fraction of sp³-hybridized carbons (Fsp3) is 0.286. The summed E-state index contributed by atoms with van der Waals surface area (Å²) >= 11 is 7.36. The first-order valence-corrected chi connectivity index (χ1v) is 10.5. The minimum atomic E-state index is -0.514. The summed E-state index contributed by atoms with van der Waals surface area (Å²) < 4.78 is 0. The van der Waals surface area contributed by atoms with Gasteiger partial charge in [0.2, 0.25) is 11.8 Å². The Morgan fingerprint density at radius 1 is 1.14 bits per heavy atom. The molecule has 7 heteroatoms. The Balaban J connectivity index is 1.71. The van der Waals surface area contributed by atoms with Gasteiger partial charge in [0, 0.05) is 6.42 Å². The van der Waals surface area contributed by atoms with E-state index in [4.69, 9.17) is 16.6 Å². The molecule has 2 aromatic carbocycles. The number of hydrogen-bond donors (Lipinski definition) is 2. The number of benzene rings is 2. The molecule has 1 fully saturated rings. The molecular formula is C21H22ClN3O2S. The number of hydrogen-bond acceptors (Lipinski definition) is 4. The van der Waals surface area contributed by atoms with Crippen LogP contribution in [0, 0.1) is 0 Å². The van der Waals surface area contributed by atoms with E-state index in [9.17, 15) is 9.59 Å². The van der Waals surface area contributed by atoms with Crippen molar-refractivity contribution in [3.63, 3.8) is 0 Å². The van der Waals surface area contributed by atoms with E-state index in [0.717, 1.165) is 29.7 Å². The van der Waals surface area contributed by atoms with Crippen LogP contribution >= 0.6 is 23.4 Å². The summed E-state index contributed by atoms with van der Waals surface area (Å²) in [6.45, 7) is 4.17. The lowest BCUT2D eigenvalue weighted by Crippen LogP contribution is -2.28. The van der Waals surface area contributed by atoms with Crippen LogP contribution in [0.1, 0.15) is 31.4 Å². The first-order valence-electron chi connectivity index (χ1n) is 9.23. The molecular weight excluding hydrogens is 394 g/mol. The second-order valence-corrected chi connectivity index (χ2v) is 7.98. The number of halogens is 1. The molecule has 0 radical (unpaired) electrons. The highest BCUT2D eigenvalue weighted by Gasteiger charge is 2.32. The lowest BCUT2D eigenvalue weighted by atomic mass is 10.0. The average molecular weight is 416 g/mol. The van der Waals surface area contributed by atoms with Crippen molar-refractivity contribution in [3.05, 3.63) is 58.6 Å². The fourth-order valence-corrected chi connectivity index (χ4v) is 4.14. The van der Waals surface area contributed by atoms with Crippen LogP contribution in [0.2, 0.25) is 5.02 Å². The zero-order chi connectivity index (χ0) is 20.1. The molecule has 0 aromatic heterocycles. The number of nitrogens with zero attached hydrogens (tertiary/aromatic N) is 1. The second-order valence-electron chi connectivity index (χ2n) is 6.38. The van der Waals surface area contributed by atoms with Gasteiger partial charge in [0.25, 0.3) is 0 Å². The number of amidine groups is 1. The lowest BCUT2D eigenvalue weighted by Gasteiger charge is -2.09. The monoisotopic (exact) mass is 415 g/mol. The molecule has 0 saturated carbocycles. The standard InChI is InChI=1S/C21H22ClN3O2S/c1-3-13-8-7-9-14(4-2)19(13)24-21-25-20(27)17(28-21)12-18(26)23-16-11-6-5-10-15(16)22/h5-11,17H,3-4,12H2,1-2H3,(H,23,26)(H,24,25,27). The van der Waals surface area contributed by atoms with Crippen LogP contribution in [-0.4, -0.2) is 22.2 Å². The number of thioether (sulfide) groups is 1. The van der Waals surface area contributed by atoms with Crippen LogP contribution in [-0.2, 0) is 22.4 Å². The van der Waals surface area contributed by atoms with E-state index in [0.29, 0.717) is 15.9 Å². The van der Waals surface area contributed by atoms with Crippen LogP contribution in [0.4, 0.5) is 11.4 Å². The summed E-state index contributed by atoms with van der Waals surface area (Å²) in [4.78, 5) is 29.3. The first kappa shape index (κ1) is 20.4. The maximum absolute atomic E-state index is 12.3. The van der Waals surface area contributed by atoms with Crippen LogP contribution in [0.3, 0.4) is 0 Å². The highest BCUT2D eigenvalue weighted by molar-refractivity contribution is 8.15. The summed E-state index contributed by atoms with van der Waals surface area (Å²) in [6.07, 6.45) is 1.78. The van der Waals surface area contributed by atoms with E-state index in [1.54, 1.807) is 24.3 Å². The van der Waals surface area contributed by atoms with Crippen LogP contribution in [0.5, 0.6) is 0 Å². The van der Waals surface area contributed by atoms with Crippen molar-refractivity contribution < 1.29 is 9.59 Å². The SMILES string of the molecule is CCc1cccc(CC)c1N=C1NC(=O)C(CC(=O)Nc2ccccc2Cl)S1. The summed E-state index contributed by atoms with van der Waals surface area (Å²) in [6, 6.07) is 13.1. The number of anilines is 1. The van der Waals surface area contributed by atoms with Crippen molar-refractivity contribution in [2.45, 2.75) is 38.4 Å². The van der Waals surface area contributed by atoms with Crippen molar-refractivity contribution >= 4 is 51.7 Å². The Hall–Kier alpha value is -2.31. The number of aliphatic imine (C=N–C) groups is 1. The van der Waals surface area contributed by atoms with Gasteiger partial charge in [0.15, 0.2) is 5.17 Å². The molecule has 28 heavy (non-hydrogen) atoms. The molecule has 1 saturated heterocycles. The van der Waals surface area contributed by atoms with Crippen LogP contribution < -0.4 is 10.6 Å². The molecule has 1 aliphatic heterocycles. The smallest absolute Gasteiger partial charge is 0.240 e. The predicted octanol–water partition coefficient (Wildman–Crippen LogP) is 4.71. The van der Waals surface area contributed by atoms with E-state index >= 15 is 0 Å². The summed E-state index contributed by atoms with van der Waals surface area (Å²) in [5.41, 5.74) is 3.73. The summed E-state index contributed by atoms with van der Waals surface area (Å²) in [5, 5.41) is 6.05. The Morgan fingerprint density at radius 3 is 2.46 bits per heavy atom. The highest BCUT2D eigenvalue weighted by Crippen LogP contribution is 2.30. The number of carbonyl (C=O) groups excluding carboxylic acids is 2. The average Bonchev–Trinajstić information content (AvgIpc) is 3.02. The molecule has 1 unspecified atom stereocenters. The van der Waals surface area contributed by atoms with E-state index in [-0.39, 0.29) is 18.2 Å². The Bertz CT molecular complexity index is 907. The van der Waals surface area contributed by atoms with Gasteiger partial charge >= 0.3 is 0 Å². The number of amides is 2. The topological polar surface area (TPSA) is 70.6 Å². The zero-order valence-electron chi connectivity index (χ0n) is 15.8. The van der Waals surface area contributed by atoms with Gasteiger partial charge < -0.3 is 10.6 Å². The van der Waals surface area contributed by atoms with Gasteiger partial charge in [-0.15, -0.1) is 0 Å². The maximum Gasteiger partial charge on any atom is 0.240 e. The number of carbonyl (C=O) groups is 2. The number of aryl methyl sites for hydroxylation is 2. The number of rotatable bonds is 6. The van der Waals surface area contributed by atoms with Crippen molar-refractivity contribution in [3.8, 4) is 0 Å². The fourth-order valence-electron chi connectivity index (χ4n) is 2.98. The number of nitrogens with one attached hydrogen (secondary N) is 2. The first-order chi connectivity index (χ1) is 13.5. The Kier molecular flexibility index (Phi) is 6.75. The molecule has 1 heterocycles. The van der Waals surface area contributed by atoms with Gasteiger partial charge in [0.05, 0.1) is 16.4 Å². The van der Waals surface area contributed by atoms with E-state index in [1.165, 1.54) is 11.8 Å². The quantitative estimate of drug-likeness (QED) is 0.717. The molecule has 2 N–H and O–H groups in total. The van der Waals surface area contributed by atoms with Gasteiger partial charge in [-0.1, -0.05) is 67.5 Å². The zero-order valence-corrected chi connectivity index (χ0v) is 17.4. The summed E-state index contributed by atoms with van der Waals surface area (Å²) in [7, 11) is 0. The second kappa shape index (κ2) is 9.26. The minimum Gasteiger partial charge on any atom is -0.325 e. The normalized spacial score (nSPS) is 17.6. The van der Waals surface area contributed by atoms with Crippen molar-refractivity contribution in [1.82, 2.24) is 5.32 Å². The van der Waals surface area contributed by atoms with E-state index < -0.39 is 5.25 Å². The molecule has 0 aliphatic carbocycles. The molecule has 1 aliphatic rings. The van der Waals surface area contributed by atoms with Crippen LogP contribution in [0.15, 0.2) is 47.5 Å². The maximum atomic E-state index is 12.3. The van der Waals surface area contributed by atoms with Crippen molar-refractivity contribution in [2.75, 3.05) is 5.32 Å². The van der Waals surface area contributed by atoms with Gasteiger partial charge in [-0.25, -0.2) is 4.99 Å². The Labute approximate surface area is 174 Å². The van der Waals surface area contributed by atoms with Gasteiger partial charge in [0.1, 0.15) is 5.25 Å². The van der Waals surface area contributed by atoms with Gasteiger partial charge in [-0.2, -0.15) is 0 Å². The van der Waals surface area contributed by atoms with Gasteiger partial charge in [-0.05, 0) is 36.1 Å². The minimum absolute atomic E-state index is 0.0524. The molecule has 2 aromatic rings. The summed E-state index contributed by atoms with van der Waals surface area (Å²) in [5.74, 6) is -0.463. The van der Waals surface area contributed by atoms with Crippen molar-refractivity contribution in [1.29, 1.82) is 0 Å².